The van der Waals surface area contributed by atoms with E-state index in [1.807, 2.05) is 19.9 Å². The Morgan fingerprint density at radius 2 is 2.15 bits per heavy atom. The lowest BCUT2D eigenvalue weighted by atomic mass is 9.99. The molecule has 0 radical (unpaired) electrons. The highest BCUT2D eigenvalue weighted by atomic mass is 79.9. The van der Waals surface area contributed by atoms with Crippen LogP contribution in [0.25, 0.3) is 0 Å². The summed E-state index contributed by atoms with van der Waals surface area (Å²) in [4.78, 5) is 0. The number of rotatable bonds is 2. The maximum Gasteiger partial charge on any atom is 0.127 e. The molecule has 1 aromatic rings. The van der Waals surface area contributed by atoms with Gasteiger partial charge in [-0.25, -0.2) is 4.39 Å². The molecule has 2 N–H and O–H groups in total. The molecule has 13 heavy (non-hydrogen) atoms. The lowest BCUT2D eigenvalue weighted by molar-refractivity contribution is 0.589. The zero-order valence-corrected chi connectivity index (χ0v) is 9.36. The Hall–Kier alpha value is -0.410. The molecular weight excluding hydrogens is 233 g/mol. The number of hydrogen-bond donors (Lipinski definition) is 1. The summed E-state index contributed by atoms with van der Waals surface area (Å²) in [6.07, 6.45) is 0. The highest BCUT2D eigenvalue weighted by molar-refractivity contribution is 9.10. The third-order valence-electron chi connectivity index (χ3n) is 2.16. The van der Waals surface area contributed by atoms with Crippen LogP contribution in [0, 0.1) is 12.7 Å². The number of hydrogen-bond acceptors (Lipinski definition) is 1. The Morgan fingerprint density at radius 3 is 2.69 bits per heavy atom. The van der Waals surface area contributed by atoms with E-state index in [0.717, 1.165) is 10.0 Å². The number of nitrogens with two attached hydrogens (primary N) is 1. The van der Waals surface area contributed by atoms with Gasteiger partial charge < -0.3 is 5.73 Å². The van der Waals surface area contributed by atoms with Gasteiger partial charge in [0, 0.05) is 4.47 Å². The first-order chi connectivity index (χ1) is 6.06. The van der Waals surface area contributed by atoms with Crippen molar-refractivity contribution < 1.29 is 4.39 Å². The first-order valence-corrected chi connectivity index (χ1v) is 5.01. The molecule has 0 saturated heterocycles. The summed E-state index contributed by atoms with van der Waals surface area (Å²) in [5.41, 5.74) is 7.22. The van der Waals surface area contributed by atoms with Crippen molar-refractivity contribution in [2.45, 2.75) is 19.8 Å². The summed E-state index contributed by atoms with van der Waals surface area (Å²) in [5, 5.41) is 0. The summed E-state index contributed by atoms with van der Waals surface area (Å²) < 4.78 is 14.2. The molecule has 1 unspecified atom stereocenters. The second-order valence-electron chi connectivity index (χ2n) is 3.26. The van der Waals surface area contributed by atoms with E-state index in [1.165, 1.54) is 6.07 Å². The van der Waals surface area contributed by atoms with Gasteiger partial charge in [-0.2, -0.15) is 0 Å². The molecule has 0 aliphatic rings. The van der Waals surface area contributed by atoms with Crippen LogP contribution in [0.1, 0.15) is 24.0 Å². The smallest absolute Gasteiger partial charge is 0.127 e. The second-order valence-corrected chi connectivity index (χ2v) is 4.11. The molecule has 0 bridgehead atoms. The van der Waals surface area contributed by atoms with Crippen LogP contribution in [-0.4, -0.2) is 6.54 Å². The van der Waals surface area contributed by atoms with Gasteiger partial charge in [0.25, 0.3) is 0 Å². The highest BCUT2D eigenvalue weighted by Crippen LogP contribution is 2.25. The van der Waals surface area contributed by atoms with E-state index in [1.54, 1.807) is 0 Å². The standard InChI is InChI=1S/C10H13BrFN/c1-6-3-8(7(2)5-13)10(12)4-9(6)11/h3-4,7H,5,13H2,1-2H3. The second kappa shape index (κ2) is 4.20. The van der Waals surface area contributed by atoms with Crippen LogP contribution in [0.2, 0.25) is 0 Å². The Labute approximate surface area is 86.3 Å². The van der Waals surface area contributed by atoms with Crippen LogP contribution in [0.3, 0.4) is 0 Å². The monoisotopic (exact) mass is 245 g/mol. The predicted octanol–water partition coefficient (Wildman–Crippen LogP) is 2.96. The number of benzene rings is 1. The van der Waals surface area contributed by atoms with Gasteiger partial charge in [0.05, 0.1) is 0 Å². The van der Waals surface area contributed by atoms with Gasteiger partial charge in [-0.1, -0.05) is 28.9 Å². The summed E-state index contributed by atoms with van der Waals surface area (Å²) >= 11 is 3.28. The van der Waals surface area contributed by atoms with Crippen LogP contribution in [0.5, 0.6) is 0 Å². The van der Waals surface area contributed by atoms with Crippen molar-refractivity contribution in [3.8, 4) is 0 Å². The van der Waals surface area contributed by atoms with Crippen molar-refractivity contribution in [2.75, 3.05) is 6.54 Å². The van der Waals surface area contributed by atoms with Crippen molar-refractivity contribution >= 4 is 15.9 Å². The Balaban J connectivity index is 3.15. The van der Waals surface area contributed by atoms with E-state index in [4.69, 9.17) is 5.73 Å². The normalized spacial score (nSPS) is 13.0. The van der Waals surface area contributed by atoms with E-state index < -0.39 is 0 Å². The van der Waals surface area contributed by atoms with E-state index in [2.05, 4.69) is 15.9 Å². The molecule has 3 heteroatoms. The molecule has 0 aromatic heterocycles. The maximum atomic E-state index is 13.4. The third-order valence-corrected chi connectivity index (χ3v) is 3.02. The molecule has 0 aliphatic carbocycles. The first kappa shape index (κ1) is 10.7. The van der Waals surface area contributed by atoms with Crippen LogP contribution in [0.4, 0.5) is 4.39 Å². The van der Waals surface area contributed by atoms with Gasteiger partial charge in [-0.05, 0) is 36.6 Å². The molecule has 1 nitrogen and oxygen atoms in total. The molecular formula is C10H13BrFN. The van der Waals surface area contributed by atoms with Gasteiger partial charge in [-0.3, -0.25) is 0 Å². The quantitative estimate of drug-likeness (QED) is 0.852. The van der Waals surface area contributed by atoms with E-state index in [0.29, 0.717) is 12.1 Å². The zero-order chi connectivity index (χ0) is 10.0. The fraction of sp³-hybridized carbons (Fsp3) is 0.400. The van der Waals surface area contributed by atoms with Crippen molar-refractivity contribution in [1.82, 2.24) is 0 Å². The minimum atomic E-state index is -0.185. The Bertz CT molecular complexity index is 312. The van der Waals surface area contributed by atoms with Crippen molar-refractivity contribution in [3.63, 3.8) is 0 Å². The van der Waals surface area contributed by atoms with Crippen LogP contribution in [0.15, 0.2) is 16.6 Å². The molecule has 0 spiro atoms. The summed E-state index contributed by atoms with van der Waals surface area (Å²) in [5.74, 6) is -0.109. The van der Waals surface area contributed by atoms with Crippen molar-refractivity contribution in [3.05, 3.63) is 33.5 Å². The lowest BCUT2D eigenvalue weighted by Crippen LogP contribution is -2.10. The first-order valence-electron chi connectivity index (χ1n) is 4.22. The summed E-state index contributed by atoms with van der Waals surface area (Å²) in [6.45, 7) is 4.33. The molecule has 0 heterocycles. The molecule has 1 rings (SSSR count). The van der Waals surface area contributed by atoms with Gasteiger partial charge in [0.2, 0.25) is 0 Å². The average Bonchev–Trinajstić information content (AvgIpc) is 2.10. The molecule has 0 saturated carbocycles. The fourth-order valence-electron chi connectivity index (χ4n) is 1.18. The largest absolute Gasteiger partial charge is 0.330 e. The van der Waals surface area contributed by atoms with Gasteiger partial charge in [0.1, 0.15) is 5.82 Å². The maximum absolute atomic E-state index is 13.4. The topological polar surface area (TPSA) is 26.0 Å². The van der Waals surface area contributed by atoms with Crippen molar-refractivity contribution in [1.29, 1.82) is 0 Å². The van der Waals surface area contributed by atoms with Gasteiger partial charge >= 0.3 is 0 Å². The number of halogens is 2. The molecule has 0 aliphatic heterocycles. The molecule has 0 fully saturated rings. The molecule has 72 valence electrons. The average molecular weight is 246 g/mol. The van der Waals surface area contributed by atoms with Gasteiger partial charge in [-0.15, -0.1) is 0 Å². The lowest BCUT2D eigenvalue weighted by Gasteiger charge is -2.11. The molecule has 1 aromatic carbocycles. The summed E-state index contributed by atoms with van der Waals surface area (Å²) in [6, 6.07) is 3.34. The van der Waals surface area contributed by atoms with Crippen molar-refractivity contribution in [2.24, 2.45) is 5.73 Å². The Kier molecular flexibility index (Phi) is 3.45. The number of aryl methyl sites for hydroxylation is 1. The van der Waals surface area contributed by atoms with Crippen LogP contribution < -0.4 is 5.73 Å². The van der Waals surface area contributed by atoms with E-state index >= 15 is 0 Å². The van der Waals surface area contributed by atoms with Gasteiger partial charge in [0.15, 0.2) is 0 Å². The fourth-order valence-corrected chi connectivity index (χ4v) is 1.50. The zero-order valence-electron chi connectivity index (χ0n) is 7.77. The highest BCUT2D eigenvalue weighted by Gasteiger charge is 2.11. The third kappa shape index (κ3) is 2.29. The van der Waals surface area contributed by atoms with E-state index in [-0.39, 0.29) is 11.7 Å². The van der Waals surface area contributed by atoms with Crippen LogP contribution >= 0.6 is 15.9 Å². The predicted molar refractivity (Wildman–Crippen MR) is 56.3 cm³/mol. The minimum absolute atomic E-state index is 0.0757. The molecule has 1 atom stereocenters. The molecule has 0 amide bonds. The van der Waals surface area contributed by atoms with Crippen LogP contribution in [-0.2, 0) is 0 Å². The SMILES string of the molecule is Cc1cc(C(C)CN)c(F)cc1Br. The minimum Gasteiger partial charge on any atom is -0.330 e. The Morgan fingerprint density at radius 1 is 1.54 bits per heavy atom. The summed E-state index contributed by atoms with van der Waals surface area (Å²) in [7, 11) is 0. The van der Waals surface area contributed by atoms with E-state index in [9.17, 15) is 4.39 Å².